The predicted octanol–water partition coefficient (Wildman–Crippen LogP) is 2.77. The van der Waals surface area contributed by atoms with Crippen LogP contribution in [0.1, 0.15) is 33.2 Å². The third-order valence-corrected chi connectivity index (χ3v) is 3.27. The highest BCUT2D eigenvalue weighted by atomic mass is 16.3. The monoisotopic (exact) mass is 269 g/mol. The van der Waals surface area contributed by atoms with Crippen LogP contribution in [-0.2, 0) is 0 Å². The fourth-order valence-electron chi connectivity index (χ4n) is 2.15. The summed E-state index contributed by atoms with van der Waals surface area (Å²) in [5, 5.41) is 12.8. The van der Waals surface area contributed by atoms with E-state index in [2.05, 4.69) is 5.32 Å². The van der Waals surface area contributed by atoms with Gasteiger partial charge in [-0.25, -0.2) is 0 Å². The second kappa shape index (κ2) is 6.35. The Hall–Kier alpha value is -2.13. The third kappa shape index (κ3) is 3.45. The Morgan fingerprint density at radius 1 is 1.15 bits per heavy atom. The summed E-state index contributed by atoms with van der Waals surface area (Å²) in [7, 11) is 0. The van der Waals surface area contributed by atoms with E-state index in [0.717, 1.165) is 16.7 Å². The Morgan fingerprint density at radius 3 is 2.50 bits per heavy atom. The average Bonchev–Trinajstić information content (AvgIpc) is 2.45. The van der Waals surface area contributed by atoms with Gasteiger partial charge < -0.3 is 10.4 Å². The van der Waals surface area contributed by atoms with Crippen LogP contribution in [0.25, 0.3) is 0 Å². The quantitative estimate of drug-likeness (QED) is 0.896. The van der Waals surface area contributed by atoms with Crippen molar-refractivity contribution >= 4 is 5.91 Å². The van der Waals surface area contributed by atoms with Crippen LogP contribution in [0, 0.1) is 13.8 Å². The van der Waals surface area contributed by atoms with Crippen molar-refractivity contribution < 1.29 is 9.90 Å². The molecule has 0 saturated heterocycles. The lowest BCUT2D eigenvalue weighted by Gasteiger charge is -2.13. The number of aliphatic hydroxyl groups is 1. The molecule has 3 nitrogen and oxygen atoms in total. The number of hydrogen-bond donors (Lipinski definition) is 2. The van der Waals surface area contributed by atoms with Crippen LogP contribution in [-0.4, -0.2) is 17.6 Å². The van der Waals surface area contributed by atoms with Crippen LogP contribution < -0.4 is 5.32 Å². The van der Waals surface area contributed by atoms with E-state index < -0.39 is 6.10 Å². The van der Waals surface area contributed by atoms with E-state index in [1.807, 2.05) is 62.4 Å². The number of nitrogens with one attached hydrogen (secondary N) is 1. The summed E-state index contributed by atoms with van der Waals surface area (Å²) in [6.07, 6.45) is -0.689. The zero-order chi connectivity index (χ0) is 14.5. The van der Waals surface area contributed by atoms with Gasteiger partial charge in [0.15, 0.2) is 0 Å². The van der Waals surface area contributed by atoms with Crippen molar-refractivity contribution in [1.29, 1.82) is 0 Å². The molecule has 2 aromatic rings. The van der Waals surface area contributed by atoms with E-state index >= 15 is 0 Å². The SMILES string of the molecule is Cc1ccc(C(=O)NC[C@@H](O)c2ccccc2)c(C)c1. The first-order valence-electron chi connectivity index (χ1n) is 6.66. The van der Waals surface area contributed by atoms with Crippen molar-refractivity contribution in [2.75, 3.05) is 6.54 Å². The number of aliphatic hydroxyl groups excluding tert-OH is 1. The smallest absolute Gasteiger partial charge is 0.251 e. The largest absolute Gasteiger partial charge is 0.387 e. The van der Waals surface area contributed by atoms with Crippen molar-refractivity contribution in [3.8, 4) is 0 Å². The Labute approximate surface area is 119 Å². The molecule has 0 radical (unpaired) electrons. The third-order valence-electron chi connectivity index (χ3n) is 3.27. The maximum atomic E-state index is 12.1. The highest BCUT2D eigenvalue weighted by Crippen LogP contribution is 2.13. The second-order valence-electron chi connectivity index (χ2n) is 4.95. The summed E-state index contributed by atoms with van der Waals surface area (Å²) in [4.78, 5) is 12.1. The molecule has 0 spiro atoms. The molecule has 0 saturated carbocycles. The lowest BCUT2D eigenvalue weighted by atomic mass is 10.0. The molecule has 0 unspecified atom stereocenters. The Morgan fingerprint density at radius 2 is 1.85 bits per heavy atom. The topological polar surface area (TPSA) is 49.3 Å². The number of carbonyl (C=O) groups is 1. The lowest BCUT2D eigenvalue weighted by molar-refractivity contribution is 0.0915. The molecule has 0 aliphatic carbocycles. The second-order valence-corrected chi connectivity index (χ2v) is 4.95. The number of aryl methyl sites for hydroxylation is 2. The van der Waals surface area contributed by atoms with Gasteiger partial charge in [0.25, 0.3) is 5.91 Å². The molecule has 2 aromatic carbocycles. The van der Waals surface area contributed by atoms with Gasteiger partial charge in [-0.3, -0.25) is 4.79 Å². The van der Waals surface area contributed by atoms with E-state index in [1.54, 1.807) is 0 Å². The maximum Gasteiger partial charge on any atom is 0.251 e. The summed E-state index contributed by atoms with van der Waals surface area (Å²) < 4.78 is 0. The van der Waals surface area contributed by atoms with Gasteiger partial charge in [-0.05, 0) is 31.0 Å². The Bertz CT molecular complexity index is 593. The molecule has 20 heavy (non-hydrogen) atoms. The van der Waals surface area contributed by atoms with Crippen molar-refractivity contribution in [1.82, 2.24) is 5.32 Å². The van der Waals surface area contributed by atoms with Crippen LogP contribution >= 0.6 is 0 Å². The predicted molar refractivity (Wildman–Crippen MR) is 79.7 cm³/mol. The fraction of sp³-hybridized carbons (Fsp3) is 0.235. The highest BCUT2D eigenvalue weighted by Gasteiger charge is 2.12. The van der Waals surface area contributed by atoms with E-state index in [0.29, 0.717) is 5.56 Å². The molecule has 1 atom stereocenters. The summed E-state index contributed by atoms with van der Waals surface area (Å²) in [5.74, 6) is -0.155. The first-order chi connectivity index (χ1) is 9.58. The summed E-state index contributed by atoms with van der Waals surface area (Å²) >= 11 is 0. The Balaban J connectivity index is 1.99. The Kier molecular flexibility index (Phi) is 4.53. The van der Waals surface area contributed by atoms with Crippen molar-refractivity contribution in [3.05, 3.63) is 70.8 Å². The molecule has 104 valence electrons. The van der Waals surface area contributed by atoms with Gasteiger partial charge in [0.2, 0.25) is 0 Å². The van der Waals surface area contributed by atoms with Crippen LogP contribution in [0.3, 0.4) is 0 Å². The molecule has 3 heteroatoms. The van der Waals surface area contributed by atoms with Gasteiger partial charge in [-0.2, -0.15) is 0 Å². The van der Waals surface area contributed by atoms with Gasteiger partial charge in [0, 0.05) is 12.1 Å². The van der Waals surface area contributed by atoms with Crippen LogP contribution in [0.15, 0.2) is 48.5 Å². The van der Waals surface area contributed by atoms with Gasteiger partial charge in [0.1, 0.15) is 0 Å². The molecular formula is C17H19NO2. The molecule has 1 amide bonds. The molecule has 0 aromatic heterocycles. The molecule has 0 heterocycles. The number of carbonyl (C=O) groups excluding carboxylic acids is 1. The van der Waals surface area contributed by atoms with Crippen molar-refractivity contribution in [3.63, 3.8) is 0 Å². The van der Waals surface area contributed by atoms with Gasteiger partial charge in [-0.15, -0.1) is 0 Å². The number of hydrogen-bond acceptors (Lipinski definition) is 2. The average molecular weight is 269 g/mol. The number of amides is 1. The zero-order valence-electron chi connectivity index (χ0n) is 11.8. The molecule has 2 rings (SSSR count). The van der Waals surface area contributed by atoms with E-state index in [4.69, 9.17) is 0 Å². The molecule has 2 N–H and O–H groups in total. The van der Waals surface area contributed by atoms with Crippen LogP contribution in [0.4, 0.5) is 0 Å². The van der Waals surface area contributed by atoms with Gasteiger partial charge in [0.05, 0.1) is 6.10 Å². The summed E-state index contributed by atoms with van der Waals surface area (Å²) in [6, 6.07) is 15.0. The van der Waals surface area contributed by atoms with E-state index in [9.17, 15) is 9.90 Å². The minimum Gasteiger partial charge on any atom is -0.387 e. The summed E-state index contributed by atoms with van der Waals surface area (Å²) in [6.45, 7) is 4.11. The maximum absolute atomic E-state index is 12.1. The van der Waals surface area contributed by atoms with Crippen LogP contribution in [0.2, 0.25) is 0 Å². The standard InChI is InChI=1S/C17H19NO2/c1-12-8-9-15(13(2)10-12)17(20)18-11-16(19)14-6-4-3-5-7-14/h3-10,16,19H,11H2,1-2H3,(H,18,20)/t16-/m1/s1. The molecule has 0 aliphatic rings. The zero-order valence-corrected chi connectivity index (χ0v) is 11.8. The van der Waals surface area contributed by atoms with E-state index in [-0.39, 0.29) is 12.5 Å². The molecule has 0 aliphatic heterocycles. The minimum absolute atomic E-state index is 0.155. The van der Waals surface area contributed by atoms with E-state index in [1.165, 1.54) is 0 Å². The lowest BCUT2D eigenvalue weighted by Crippen LogP contribution is -2.28. The highest BCUT2D eigenvalue weighted by molar-refractivity contribution is 5.95. The number of benzene rings is 2. The van der Waals surface area contributed by atoms with Crippen LogP contribution in [0.5, 0.6) is 0 Å². The van der Waals surface area contributed by atoms with Gasteiger partial charge >= 0.3 is 0 Å². The first kappa shape index (κ1) is 14.3. The molecular weight excluding hydrogens is 250 g/mol. The van der Waals surface area contributed by atoms with Crippen molar-refractivity contribution in [2.24, 2.45) is 0 Å². The van der Waals surface area contributed by atoms with Crippen molar-refractivity contribution in [2.45, 2.75) is 20.0 Å². The van der Waals surface area contributed by atoms with Gasteiger partial charge in [-0.1, -0.05) is 48.0 Å². The molecule has 0 fully saturated rings. The molecule has 0 bridgehead atoms. The minimum atomic E-state index is -0.689. The summed E-state index contributed by atoms with van der Waals surface area (Å²) in [5.41, 5.74) is 3.52. The normalized spacial score (nSPS) is 11.9. The number of rotatable bonds is 4. The first-order valence-corrected chi connectivity index (χ1v) is 6.66. The fourth-order valence-corrected chi connectivity index (χ4v) is 2.15.